The molecule has 254 valence electrons. The average molecular weight is 697 g/mol. The Kier molecular flexibility index (Phi) is 6.37. The summed E-state index contributed by atoms with van der Waals surface area (Å²) in [7, 11) is 0. The maximum Gasteiger partial charge on any atom is 0.146 e. The van der Waals surface area contributed by atoms with Crippen molar-refractivity contribution in [1.82, 2.24) is 9.38 Å². The van der Waals surface area contributed by atoms with E-state index in [1.165, 1.54) is 87.2 Å². The van der Waals surface area contributed by atoms with Crippen LogP contribution in [-0.2, 0) is 0 Å². The second-order valence-corrected chi connectivity index (χ2v) is 14.6. The molecule has 0 fully saturated rings. The van der Waals surface area contributed by atoms with Crippen molar-refractivity contribution in [2.24, 2.45) is 0 Å². The lowest BCUT2D eigenvalue weighted by Gasteiger charge is -2.20. The van der Waals surface area contributed by atoms with Gasteiger partial charge in [-0.2, -0.15) is 0 Å². The van der Waals surface area contributed by atoms with E-state index in [2.05, 4.69) is 199 Å². The van der Waals surface area contributed by atoms with Gasteiger partial charge in [-0.3, -0.25) is 4.40 Å². The van der Waals surface area contributed by atoms with Crippen molar-refractivity contribution in [1.29, 1.82) is 0 Å². The number of pyridine rings is 1. The Morgan fingerprint density at radius 2 is 0.800 bits per heavy atom. The Morgan fingerprint density at radius 1 is 0.309 bits per heavy atom. The molecule has 0 radical (unpaired) electrons. The van der Waals surface area contributed by atoms with Crippen molar-refractivity contribution in [2.45, 2.75) is 0 Å². The van der Waals surface area contributed by atoms with E-state index in [0.29, 0.717) is 0 Å². The Balaban J connectivity index is 1.20. The van der Waals surface area contributed by atoms with Gasteiger partial charge in [0.15, 0.2) is 0 Å². The van der Waals surface area contributed by atoms with Gasteiger partial charge >= 0.3 is 0 Å². The van der Waals surface area contributed by atoms with Crippen LogP contribution in [0.25, 0.3) is 115 Å². The van der Waals surface area contributed by atoms with E-state index in [1.807, 2.05) is 0 Å². The number of nitrogens with zero attached hydrogens (tertiary/aromatic N) is 2. The predicted molar refractivity (Wildman–Crippen MR) is 234 cm³/mol. The molecule has 0 saturated heterocycles. The molecule has 0 aliphatic heterocycles. The van der Waals surface area contributed by atoms with Gasteiger partial charge in [-0.25, -0.2) is 4.98 Å². The molecule has 0 aliphatic rings. The highest BCUT2D eigenvalue weighted by Crippen LogP contribution is 2.48. The van der Waals surface area contributed by atoms with E-state index in [1.54, 1.807) is 0 Å². The zero-order valence-corrected chi connectivity index (χ0v) is 29.9. The summed E-state index contributed by atoms with van der Waals surface area (Å²) >= 11 is 0. The molecule has 2 aromatic heterocycles. The Morgan fingerprint density at radius 3 is 1.49 bits per heavy atom. The van der Waals surface area contributed by atoms with Crippen LogP contribution in [0.1, 0.15) is 0 Å². The zero-order chi connectivity index (χ0) is 36.0. The van der Waals surface area contributed by atoms with Crippen LogP contribution in [0.4, 0.5) is 0 Å². The first-order chi connectivity index (χ1) is 27.3. The molecule has 2 heteroatoms. The normalized spacial score (nSPS) is 12.0. The molecule has 0 bridgehead atoms. The zero-order valence-electron chi connectivity index (χ0n) is 29.9. The van der Waals surface area contributed by atoms with Crippen LogP contribution in [-0.4, -0.2) is 9.38 Å². The molecular formula is C53H32N2. The first-order valence-corrected chi connectivity index (χ1v) is 19.0. The van der Waals surface area contributed by atoms with E-state index in [-0.39, 0.29) is 0 Å². The quantitative estimate of drug-likeness (QED) is 0.133. The van der Waals surface area contributed by atoms with Crippen molar-refractivity contribution in [3.63, 3.8) is 0 Å². The van der Waals surface area contributed by atoms with Crippen LogP contribution >= 0.6 is 0 Å². The number of hydrogen-bond donors (Lipinski definition) is 0. The number of hydrogen-bond acceptors (Lipinski definition) is 1. The van der Waals surface area contributed by atoms with Crippen molar-refractivity contribution in [3.05, 3.63) is 194 Å². The summed E-state index contributed by atoms with van der Waals surface area (Å²) in [6, 6.07) is 71.2. The molecule has 0 unspecified atom stereocenters. The van der Waals surface area contributed by atoms with Crippen molar-refractivity contribution in [2.75, 3.05) is 0 Å². The SMILES string of the molecule is c1ccc2c(-c3c4ccccc4c(-c4cccc5ccccc45)c4cc(-c5ccc6c(c5)c5ccccc5c5nc7ccccc7n65)ccc34)cccc2c1. The van der Waals surface area contributed by atoms with Crippen molar-refractivity contribution in [3.8, 4) is 33.4 Å². The average Bonchev–Trinajstić information content (AvgIpc) is 3.65. The molecule has 0 spiro atoms. The topological polar surface area (TPSA) is 17.3 Å². The van der Waals surface area contributed by atoms with E-state index >= 15 is 0 Å². The molecule has 12 aromatic rings. The third kappa shape index (κ3) is 4.40. The fraction of sp³-hybridized carbons (Fsp3) is 0. The highest BCUT2D eigenvalue weighted by Gasteiger charge is 2.20. The van der Waals surface area contributed by atoms with E-state index in [4.69, 9.17) is 4.98 Å². The molecule has 0 atom stereocenters. The summed E-state index contributed by atoms with van der Waals surface area (Å²) in [5.41, 5.74) is 11.7. The Labute approximate surface area is 317 Å². The molecule has 0 N–H and O–H groups in total. The number of fused-ring (bicyclic) bond motifs is 12. The van der Waals surface area contributed by atoms with E-state index < -0.39 is 0 Å². The largest absolute Gasteiger partial charge is 0.292 e. The molecule has 0 aliphatic carbocycles. The monoisotopic (exact) mass is 696 g/mol. The summed E-state index contributed by atoms with van der Waals surface area (Å²) in [5.74, 6) is 0. The fourth-order valence-electron chi connectivity index (χ4n) is 9.31. The van der Waals surface area contributed by atoms with Gasteiger partial charge < -0.3 is 0 Å². The number of aromatic nitrogens is 2. The van der Waals surface area contributed by atoms with Gasteiger partial charge in [0.25, 0.3) is 0 Å². The third-order valence-corrected chi connectivity index (χ3v) is 11.7. The maximum atomic E-state index is 5.11. The molecular weight excluding hydrogens is 665 g/mol. The molecule has 10 aromatic carbocycles. The summed E-state index contributed by atoms with van der Waals surface area (Å²) in [6.07, 6.45) is 0. The molecule has 12 rings (SSSR count). The van der Waals surface area contributed by atoms with Gasteiger partial charge in [0, 0.05) is 10.8 Å². The van der Waals surface area contributed by atoms with Gasteiger partial charge in [-0.15, -0.1) is 0 Å². The lowest BCUT2D eigenvalue weighted by Crippen LogP contribution is -1.94. The van der Waals surface area contributed by atoms with Gasteiger partial charge in [-0.05, 0) is 112 Å². The predicted octanol–water partition coefficient (Wildman–Crippen LogP) is 14.4. The molecule has 0 amide bonds. The van der Waals surface area contributed by atoms with Crippen LogP contribution in [0.3, 0.4) is 0 Å². The van der Waals surface area contributed by atoms with Gasteiger partial charge in [-0.1, -0.05) is 164 Å². The highest BCUT2D eigenvalue weighted by molar-refractivity contribution is 6.26. The molecule has 0 saturated carbocycles. The third-order valence-electron chi connectivity index (χ3n) is 11.7. The maximum absolute atomic E-state index is 5.11. The van der Waals surface area contributed by atoms with Crippen LogP contribution in [0, 0.1) is 0 Å². The minimum Gasteiger partial charge on any atom is -0.292 e. The summed E-state index contributed by atoms with van der Waals surface area (Å²) in [4.78, 5) is 5.11. The summed E-state index contributed by atoms with van der Waals surface area (Å²) in [5, 5.41) is 13.6. The minimum atomic E-state index is 0.996. The lowest BCUT2D eigenvalue weighted by atomic mass is 9.83. The number of benzene rings is 10. The molecule has 2 heterocycles. The van der Waals surface area contributed by atoms with Crippen LogP contribution < -0.4 is 0 Å². The van der Waals surface area contributed by atoms with E-state index in [0.717, 1.165) is 27.6 Å². The summed E-state index contributed by atoms with van der Waals surface area (Å²) in [6.45, 7) is 0. The van der Waals surface area contributed by atoms with Crippen LogP contribution in [0.5, 0.6) is 0 Å². The van der Waals surface area contributed by atoms with Gasteiger partial charge in [0.2, 0.25) is 0 Å². The Hall–Kier alpha value is -7.29. The number of imidazole rings is 1. The van der Waals surface area contributed by atoms with Gasteiger partial charge in [0.05, 0.1) is 16.6 Å². The lowest BCUT2D eigenvalue weighted by molar-refractivity contribution is 1.31. The highest BCUT2D eigenvalue weighted by atomic mass is 15.0. The fourth-order valence-corrected chi connectivity index (χ4v) is 9.31. The number of para-hydroxylation sites is 2. The minimum absolute atomic E-state index is 0.996. The molecule has 2 nitrogen and oxygen atoms in total. The van der Waals surface area contributed by atoms with Crippen molar-refractivity contribution >= 4 is 81.4 Å². The van der Waals surface area contributed by atoms with Crippen LogP contribution in [0.15, 0.2) is 194 Å². The van der Waals surface area contributed by atoms with Gasteiger partial charge in [0.1, 0.15) is 5.65 Å². The second-order valence-electron chi connectivity index (χ2n) is 14.6. The second kappa shape index (κ2) is 11.6. The molecule has 55 heavy (non-hydrogen) atoms. The number of rotatable bonds is 3. The Bertz CT molecular complexity index is 3540. The standard InChI is InChI=1S/C53H32N2/c1-3-17-37-33(13-1)15-11-23-40(37)51-42-20-6-7-21-43(42)52(41-24-12-16-34-14-2-4-18-38(34)41)47-32-35(27-29-44(47)51)36-28-30-49-46(31-36)39-19-5-8-22-45(39)53-54-48-25-9-10-26-50(48)55(49)53/h1-32H. The van der Waals surface area contributed by atoms with Crippen LogP contribution in [0.2, 0.25) is 0 Å². The van der Waals surface area contributed by atoms with Crippen molar-refractivity contribution < 1.29 is 0 Å². The smallest absolute Gasteiger partial charge is 0.146 e. The summed E-state index contributed by atoms with van der Waals surface area (Å²) < 4.78 is 2.33. The van der Waals surface area contributed by atoms with E-state index in [9.17, 15) is 0 Å². The first kappa shape index (κ1) is 30.2. The first-order valence-electron chi connectivity index (χ1n) is 19.0.